The standard InChI is InChI=1S/C14H20BrN3O2/c1-18-9-11(15)8-12(18)14(20)17-16-13(19)7-6-10-4-2-3-5-10/h8-10H,2-7H2,1H3,(H,16,19)(H,17,20). The van der Waals surface area contributed by atoms with E-state index in [-0.39, 0.29) is 11.8 Å². The molecule has 5 nitrogen and oxygen atoms in total. The largest absolute Gasteiger partial charge is 0.345 e. The molecular formula is C14H20BrN3O2. The molecule has 0 atom stereocenters. The first-order chi connectivity index (χ1) is 9.56. The van der Waals surface area contributed by atoms with Crippen molar-refractivity contribution >= 4 is 27.7 Å². The van der Waals surface area contributed by atoms with Crippen LogP contribution >= 0.6 is 15.9 Å². The van der Waals surface area contributed by atoms with E-state index in [2.05, 4.69) is 26.8 Å². The van der Waals surface area contributed by atoms with Gasteiger partial charge in [-0.2, -0.15) is 0 Å². The average Bonchev–Trinajstić information content (AvgIpc) is 3.03. The van der Waals surface area contributed by atoms with E-state index < -0.39 is 0 Å². The Labute approximate surface area is 127 Å². The van der Waals surface area contributed by atoms with E-state index in [1.54, 1.807) is 23.9 Å². The van der Waals surface area contributed by atoms with Crippen molar-refractivity contribution < 1.29 is 9.59 Å². The third-order valence-electron chi connectivity index (χ3n) is 3.77. The van der Waals surface area contributed by atoms with Crippen LogP contribution in [0.2, 0.25) is 0 Å². The second-order valence-corrected chi connectivity index (χ2v) is 6.26. The summed E-state index contributed by atoms with van der Waals surface area (Å²) in [7, 11) is 1.78. The van der Waals surface area contributed by atoms with E-state index in [0.29, 0.717) is 18.0 Å². The third-order valence-corrected chi connectivity index (χ3v) is 4.21. The Morgan fingerprint density at radius 3 is 2.65 bits per heavy atom. The SMILES string of the molecule is Cn1cc(Br)cc1C(=O)NNC(=O)CCC1CCCC1. The molecule has 20 heavy (non-hydrogen) atoms. The summed E-state index contributed by atoms with van der Waals surface area (Å²) in [4.78, 5) is 23.6. The lowest BCUT2D eigenvalue weighted by Gasteiger charge is -2.10. The van der Waals surface area contributed by atoms with Crippen molar-refractivity contribution in [1.82, 2.24) is 15.4 Å². The lowest BCUT2D eigenvalue weighted by atomic mass is 10.0. The van der Waals surface area contributed by atoms with Gasteiger partial charge in [0.2, 0.25) is 5.91 Å². The van der Waals surface area contributed by atoms with Crippen LogP contribution in [0.3, 0.4) is 0 Å². The van der Waals surface area contributed by atoms with Crippen LogP contribution in [0.25, 0.3) is 0 Å². The Hall–Kier alpha value is -1.30. The maximum Gasteiger partial charge on any atom is 0.286 e. The molecule has 2 amide bonds. The highest BCUT2D eigenvalue weighted by atomic mass is 79.9. The summed E-state index contributed by atoms with van der Waals surface area (Å²) in [6.07, 6.45) is 8.21. The van der Waals surface area contributed by atoms with Gasteiger partial charge in [0.25, 0.3) is 5.91 Å². The zero-order valence-corrected chi connectivity index (χ0v) is 13.2. The molecule has 110 valence electrons. The first-order valence-electron chi connectivity index (χ1n) is 6.97. The molecule has 1 fully saturated rings. The average molecular weight is 342 g/mol. The number of carbonyl (C=O) groups is 2. The molecular weight excluding hydrogens is 322 g/mol. The Bertz CT molecular complexity index is 493. The van der Waals surface area contributed by atoms with Crippen LogP contribution < -0.4 is 10.9 Å². The maximum atomic E-state index is 11.9. The van der Waals surface area contributed by atoms with Crippen LogP contribution in [0, 0.1) is 5.92 Å². The maximum absolute atomic E-state index is 11.9. The minimum absolute atomic E-state index is 0.126. The number of halogens is 1. The Morgan fingerprint density at radius 2 is 2.05 bits per heavy atom. The van der Waals surface area contributed by atoms with Gasteiger partial charge in [0.05, 0.1) is 0 Å². The number of hydrogen-bond donors (Lipinski definition) is 2. The van der Waals surface area contributed by atoms with Gasteiger partial charge in [-0.05, 0) is 34.3 Å². The van der Waals surface area contributed by atoms with Crippen LogP contribution in [-0.4, -0.2) is 16.4 Å². The zero-order chi connectivity index (χ0) is 14.5. The summed E-state index contributed by atoms with van der Waals surface area (Å²) in [5.41, 5.74) is 5.42. The van der Waals surface area contributed by atoms with Gasteiger partial charge in [0.15, 0.2) is 0 Å². The van der Waals surface area contributed by atoms with Crippen molar-refractivity contribution in [3.05, 3.63) is 22.4 Å². The van der Waals surface area contributed by atoms with Gasteiger partial charge in [-0.15, -0.1) is 0 Å². The molecule has 1 saturated carbocycles. The molecule has 0 spiro atoms. The lowest BCUT2D eigenvalue weighted by Crippen LogP contribution is -2.42. The number of aromatic nitrogens is 1. The van der Waals surface area contributed by atoms with E-state index in [9.17, 15) is 9.59 Å². The van der Waals surface area contributed by atoms with Gasteiger partial charge in [0, 0.05) is 24.1 Å². The number of hydrazine groups is 1. The van der Waals surface area contributed by atoms with Crippen molar-refractivity contribution in [2.24, 2.45) is 13.0 Å². The number of carbonyl (C=O) groups excluding carboxylic acids is 2. The van der Waals surface area contributed by atoms with Gasteiger partial charge in [-0.3, -0.25) is 20.4 Å². The van der Waals surface area contributed by atoms with E-state index in [1.165, 1.54) is 25.7 Å². The highest BCUT2D eigenvalue weighted by molar-refractivity contribution is 9.10. The zero-order valence-electron chi connectivity index (χ0n) is 11.6. The molecule has 0 unspecified atom stereocenters. The van der Waals surface area contributed by atoms with Crippen LogP contribution in [0.15, 0.2) is 16.7 Å². The molecule has 0 aliphatic heterocycles. The second-order valence-electron chi connectivity index (χ2n) is 5.35. The van der Waals surface area contributed by atoms with Crippen molar-refractivity contribution in [3.63, 3.8) is 0 Å². The van der Waals surface area contributed by atoms with Gasteiger partial charge < -0.3 is 4.57 Å². The normalized spacial score (nSPS) is 15.3. The lowest BCUT2D eigenvalue weighted by molar-refractivity contribution is -0.122. The number of aryl methyl sites for hydroxylation is 1. The van der Waals surface area contributed by atoms with Crippen molar-refractivity contribution in [2.75, 3.05) is 0 Å². The van der Waals surface area contributed by atoms with Gasteiger partial charge in [-0.25, -0.2) is 0 Å². The fourth-order valence-corrected chi connectivity index (χ4v) is 3.16. The predicted molar refractivity (Wildman–Crippen MR) is 79.9 cm³/mol. The first kappa shape index (κ1) is 15.1. The molecule has 0 bridgehead atoms. The minimum atomic E-state index is -0.313. The van der Waals surface area contributed by atoms with E-state index in [1.807, 2.05) is 0 Å². The van der Waals surface area contributed by atoms with E-state index in [0.717, 1.165) is 10.9 Å². The minimum Gasteiger partial charge on any atom is -0.345 e. The second kappa shape index (κ2) is 6.92. The van der Waals surface area contributed by atoms with Crippen LogP contribution in [0.5, 0.6) is 0 Å². The Balaban J connectivity index is 1.72. The molecule has 0 radical (unpaired) electrons. The number of nitrogens with zero attached hydrogens (tertiary/aromatic N) is 1. The molecule has 2 rings (SSSR count). The van der Waals surface area contributed by atoms with Gasteiger partial charge in [-0.1, -0.05) is 25.7 Å². The highest BCUT2D eigenvalue weighted by Gasteiger charge is 2.17. The highest BCUT2D eigenvalue weighted by Crippen LogP contribution is 2.28. The van der Waals surface area contributed by atoms with Crippen LogP contribution in [0.4, 0.5) is 0 Å². The van der Waals surface area contributed by atoms with Crippen molar-refractivity contribution in [1.29, 1.82) is 0 Å². The fraction of sp³-hybridized carbons (Fsp3) is 0.571. The summed E-state index contributed by atoms with van der Waals surface area (Å²) in [6, 6.07) is 1.71. The summed E-state index contributed by atoms with van der Waals surface area (Å²) >= 11 is 3.31. The fourth-order valence-electron chi connectivity index (χ4n) is 2.64. The molecule has 0 saturated heterocycles. The molecule has 1 aliphatic rings. The van der Waals surface area contributed by atoms with Crippen molar-refractivity contribution in [2.45, 2.75) is 38.5 Å². The van der Waals surface area contributed by atoms with Crippen LogP contribution in [-0.2, 0) is 11.8 Å². The number of nitrogens with one attached hydrogen (secondary N) is 2. The van der Waals surface area contributed by atoms with Gasteiger partial charge in [0.1, 0.15) is 5.69 Å². The monoisotopic (exact) mass is 341 g/mol. The topological polar surface area (TPSA) is 63.1 Å². The summed E-state index contributed by atoms with van der Waals surface area (Å²) in [6.45, 7) is 0. The van der Waals surface area contributed by atoms with E-state index in [4.69, 9.17) is 0 Å². The molecule has 1 aromatic rings. The summed E-state index contributed by atoms with van der Waals surface area (Å²) < 4.78 is 2.53. The molecule has 1 aromatic heterocycles. The Kier molecular flexibility index (Phi) is 5.23. The van der Waals surface area contributed by atoms with E-state index >= 15 is 0 Å². The predicted octanol–water partition coefficient (Wildman–Crippen LogP) is 2.52. The number of rotatable bonds is 4. The quantitative estimate of drug-likeness (QED) is 0.826. The van der Waals surface area contributed by atoms with Crippen molar-refractivity contribution in [3.8, 4) is 0 Å². The Morgan fingerprint density at radius 1 is 1.35 bits per heavy atom. The first-order valence-corrected chi connectivity index (χ1v) is 7.76. The summed E-state index contributed by atoms with van der Waals surface area (Å²) in [5, 5.41) is 0. The van der Waals surface area contributed by atoms with Gasteiger partial charge >= 0.3 is 0 Å². The summed E-state index contributed by atoms with van der Waals surface area (Å²) in [5.74, 6) is 0.242. The molecule has 2 N–H and O–H groups in total. The van der Waals surface area contributed by atoms with Crippen LogP contribution in [0.1, 0.15) is 49.0 Å². The number of amides is 2. The molecule has 6 heteroatoms. The smallest absolute Gasteiger partial charge is 0.286 e. The number of hydrogen-bond acceptors (Lipinski definition) is 2. The molecule has 0 aromatic carbocycles. The molecule has 1 aliphatic carbocycles. The molecule has 1 heterocycles. The third kappa shape index (κ3) is 4.10.